The molecule has 3 heterocycles. The van der Waals surface area contributed by atoms with E-state index in [-0.39, 0.29) is 12.3 Å². The Morgan fingerprint density at radius 1 is 0.977 bits per heavy atom. The number of carbonyl (C=O) groups excluding carboxylic acids is 2. The summed E-state index contributed by atoms with van der Waals surface area (Å²) in [4.78, 5) is 28.3. The lowest BCUT2D eigenvalue weighted by molar-refractivity contribution is -0.194. The molecule has 8 heteroatoms. The van der Waals surface area contributed by atoms with E-state index in [1.807, 2.05) is 97.2 Å². The molecule has 230 valence electrons. The Labute approximate surface area is 259 Å². The van der Waals surface area contributed by atoms with E-state index < -0.39 is 23.2 Å². The van der Waals surface area contributed by atoms with Crippen molar-refractivity contribution in [1.82, 2.24) is 9.47 Å². The maximum atomic E-state index is 13.4. The molecule has 0 saturated carbocycles. The lowest BCUT2D eigenvalue weighted by Gasteiger charge is -2.51. The highest BCUT2D eigenvalue weighted by atomic mass is 16.5. The van der Waals surface area contributed by atoms with Crippen molar-refractivity contribution < 1.29 is 24.2 Å². The highest BCUT2D eigenvalue weighted by Crippen LogP contribution is 2.55. The van der Waals surface area contributed by atoms with Gasteiger partial charge in [-0.2, -0.15) is 0 Å². The molecule has 2 aliphatic heterocycles. The van der Waals surface area contributed by atoms with Gasteiger partial charge in [0.05, 0.1) is 12.8 Å². The number of fused-ring (bicyclic) bond motifs is 1. The van der Waals surface area contributed by atoms with Gasteiger partial charge in [0.2, 0.25) is 11.6 Å². The molecule has 0 radical (unpaired) electrons. The zero-order valence-corrected chi connectivity index (χ0v) is 25.4. The summed E-state index contributed by atoms with van der Waals surface area (Å²) in [5, 5.41) is 15.1. The van der Waals surface area contributed by atoms with Crippen LogP contribution in [-0.4, -0.2) is 46.6 Å². The molecule has 0 spiro atoms. The molecule has 3 aromatic rings. The van der Waals surface area contributed by atoms with Crippen molar-refractivity contribution in [2.45, 2.75) is 50.9 Å². The van der Waals surface area contributed by atoms with Gasteiger partial charge in [-0.25, -0.2) is 4.79 Å². The number of hydrogen-bond acceptors (Lipinski definition) is 6. The summed E-state index contributed by atoms with van der Waals surface area (Å²) in [6, 6.07) is 28.7. The number of ether oxygens (including phenoxy) is 2. The number of nitrogens with zero attached hydrogens (tertiary/aromatic N) is 2. The highest BCUT2D eigenvalue weighted by molar-refractivity contribution is 5.99. The summed E-state index contributed by atoms with van der Waals surface area (Å²) >= 11 is 0. The fraction of sp³-hybridized carbons (Fsp3) is 0.333. The van der Waals surface area contributed by atoms with E-state index in [9.17, 15) is 14.7 Å². The normalized spacial score (nSPS) is 22.9. The van der Waals surface area contributed by atoms with Gasteiger partial charge < -0.3 is 29.4 Å². The van der Waals surface area contributed by atoms with Crippen LogP contribution < -0.4 is 10.1 Å². The quantitative estimate of drug-likeness (QED) is 0.252. The molecule has 3 atom stereocenters. The van der Waals surface area contributed by atoms with Gasteiger partial charge in [-0.3, -0.25) is 4.79 Å². The van der Waals surface area contributed by atoms with Crippen LogP contribution in [-0.2, 0) is 26.5 Å². The minimum Gasteiger partial charge on any atom is -0.484 e. The number of esters is 1. The molecule has 0 aliphatic carbocycles. The zero-order chi connectivity index (χ0) is 31.0. The Balaban J connectivity index is 1.61. The highest BCUT2D eigenvalue weighted by Gasteiger charge is 2.57. The number of aromatic nitrogens is 1. The Morgan fingerprint density at radius 3 is 2.39 bits per heavy atom. The van der Waals surface area contributed by atoms with Gasteiger partial charge in [-0.15, -0.1) is 0 Å². The van der Waals surface area contributed by atoms with E-state index in [0.29, 0.717) is 32.4 Å². The third-order valence-electron chi connectivity index (χ3n) is 8.74. The van der Waals surface area contributed by atoms with Crippen molar-refractivity contribution in [2.75, 3.05) is 25.5 Å². The molecule has 2 N–H and O–H groups in total. The van der Waals surface area contributed by atoms with Crippen LogP contribution in [0.4, 0.5) is 5.69 Å². The van der Waals surface area contributed by atoms with Crippen LogP contribution in [0.25, 0.3) is 0 Å². The van der Waals surface area contributed by atoms with Gasteiger partial charge in [0.1, 0.15) is 11.9 Å². The van der Waals surface area contributed by atoms with Gasteiger partial charge in [0, 0.05) is 49.1 Å². The van der Waals surface area contributed by atoms with Crippen LogP contribution in [0.3, 0.4) is 0 Å². The molecule has 2 bridgehead atoms. The van der Waals surface area contributed by atoms with Crippen LogP contribution in [0.2, 0.25) is 0 Å². The van der Waals surface area contributed by atoms with Gasteiger partial charge in [0.25, 0.3) is 0 Å². The van der Waals surface area contributed by atoms with Crippen LogP contribution in [0, 0.1) is 5.41 Å². The van der Waals surface area contributed by atoms with Crippen molar-refractivity contribution >= 4 is 17.6 Å². The molecule has 2 aliphatic rings. The summed E-state index contributed by atoms with van der Waals surface area (Å²) in [6.07, 6.45) is 7.55. The lowest BCUT2D eigenvalue weighted by atomic mass is 9.66. The number of carbonyl (C=O) groups is 2. The average Bonchev–Trinajstić information content (AvgIpc) is 3.15. The molecule has 3 unspecified atom stereocenters. The first-order valence-electron chi connectivity index (χ1n) is 15.2. The number of nitrogens with one attached hydrogen (secondary N) is 1. The molecular weight excluding hydrogens is 554 g/mol. The second-order valence-electron chi connectivity index (χ2n) is 11.4. The van der Waals surface area contributed by atoms with E-state index in [2.05, 4.69) is 17.1 Å². The van der Waals surface area contributed by atoms with Crippen LogP contribution in [0.15, 0.2) is 109 Å². The minimum atomic E-state index is -1.92. The van der Waals surface area contributed by atoms with Crippen molar-refractivity contribution in [1.29, 1.82) is 0 Å². The smallest absolute Gasteiger partial charge is 0.359 e. The van der Waals surface area contributed by atoms with Crippen molar-refractivity contribution in [3.8, 4) is 5.75 Å². The van der Waals surface area contributed by atoms with Gasteiger partial charge in [-0.1, -0.05) is 67.6 Å². The first kappa shape index (κ1) is 30.9. The number of para-hydroxylation sites is 2. The summed E-state index contributed by atoms with van der Waals surface area (Å²) in [5.74, 6) is -0.170. The summed E-state index contributed by atoms with van der Waals surface area (Å²) in [6.45, 7) is 3.41. The Bertz CT molecular complexity index is 1520. The Hall–Kier alpha value is -4.56. The second kappa shape index (κ2) is 13.8. The molecule has 0 fully saturated rings. The van der Waals surface area contributed by atoms with Gasteiger partial charge in [0.15, 0.2) is 0 Å². The number of amides is 1. The molecule has 1 amide bonds. The number of anilines is 1. The fourth-order valence-corrected chi connectivity index (χ4v) is 6.44. The Morgan fingerprint density at radius 2 is 1.66 bits per heavy atom. The van der Waals surface area contributed by atoms with E-state index in [4.69, 9.17) is 9.47 Å². The third-order valence-corrected chi connectivity index (χ3v) is 8.74. The first-order chi connectivity index (χ1) is 21.4. The molecule has 44 heavy (non-hydrogen) atoms. The predicted octanol–water partition coefficient (Wildman–Crippen LogP) is 6.14. The van der Waals surface area contributed by atoms with E-state index in [1.165, 1.54) is 7.11 Å². The predicted molar refractivity (Wildman–Crippen MR) is 170 cm³/mol. The van der Waals surface area contributed by atoms with E-state index >= 15 is 0 Å². The number of methoxy groups -OCH3 is 1. The molecule has 0 saturated heterocycles. The average molecular weight is 596 g/mol. The number of hydrogen-bond donors (Lipinski definition) is 2. The molecular formula is C36H41N3O5. The fourth-order valence-electron chi connectivity index (χ4n) is 6.44. The summed E-state index contributed by atoms with van der Waals surface area (Å²) in [5.41, 5.74) is -0.114. The number of aliphatic hydroxyl groups is 1. The van der Waals surface area contributed by atoms with Crippen LogP contribution in [0.1, 0.15) is 50.0 Å². The molecule has 1 aromatic heterocycles. The number of benzene rings is 2. The maximum absolute atomic E-state index is 13.4. The second-order valence-corrected chi connectivity index (χ2v) is 11.4. The van der Waals surface area contributed by atoms with Crippen molar-refractivity contribution in [3.63, 3.8) is 0 Å². The molecule has 8 nitrogen and oxygen atoms in total. The third kappa shape index (κ3) is 6.65. The topological polar surface area (TPSA) is 93.0 Å². The van der Waals surface area contributed by atoms with Crippen LogP contribution in [0.5, 0.6) is 5.75 Å². The SMILES string of the molecule is CCC12CCCN(/C=C/C(=O)Nc3ccccc3)CCc3ccccccn(c3C1Oc1ccccc1)C(O)(C(=O)OC)C2. The van der Waals surface area contributed by atoms with E-state index in [1.54, 1.807) is 16.8 Å². The standard InChI is InChI=1S/C36H41N3O5/c1-3-35-22-14-23-38(26-21-31(40)37-29-16-9-6-10-17-29)25-20-28-15-8-4-5-13-24-39(36(42,27-35)34(41)43-2)32(28)33(35)44-30-18-11-7-12-19-30/h4-13,15-19,21,24,26,33,42H,3,14,20,22-23,25,27H2,1-2H3,(H,37,40)/b5-4?,15-8?,24-13?,26-21+,32-28?. The van der Waals surface area contributed by atoms with E-state index in [0.717, 1.165) is 29.1 Å². The molecule has 2 aromatic carbocycles. The van der Waals surface area contributed by atoms with Gasteiger partial charge in [-0.05, 0) is 61.6 Å². The first-order valence-corrected chi connectivity index (χ1v) is 15.2. The summed E-state index contributed by atoms with van der Waals surface area (Å²) < 4.78 is 13.7. The Kier molecular flexibility index (Phi) is 9.70. The molecule has 5 rings (SSSR count). The van der Waals surface area contributed by atoms with Crippen molar-refractivity contribution in [2.24, 2.45) is 5.41 Å². The monoisotopic (exact) mass is 595 g/mol. The summed E-state index contributed by atoms with van der Waals surface area (Å²) in [7, 11) is 1.31. The maximum Gasteiger partial charge on any atom is 0.359 e. The number of rotatable bonds is 7. The van der Waals surface area contributed by atoms with Crippen molar-refractivity contribution in [3.05, 3.63) is 121 Å². The van der Waals surface area contributed by atoms with Gasteiger partial charge >= 0.3 is 5.97 Å². The lowest BCUT2D eigenvalue weighted by Crippen LogP contribution is -2.55. The minimum absolute atomic E-state index is 0.130. The van der Waals surface area contributed by atoms with Crippen LogP contribution >= 0.6 is 0 Å². The zero-order valence-electron chi connectivity index (χ0n) is 25.4. The largest absolute Gasteiger partial charge is 0.484 e.